The average molecular weight is 307 g/mol. The van der Waals surface area contributed by atoms with Gasteiger partial charge in [0.1, 0.15) is 0 Å². The molecule has 0 aromatic rings. The van der Waals surface area contributed by atoms with Gasteiger partial charge in [-0.3, -0.25) is 9.69 Å². The summed E-state index contributed by atoms with van der Waals surface area (Å²) in [7, 11) is 2.20. The summed E-state index contributed by atoms with van der Waals surface area (Å²) in [5.41, 5.74) is 0. The Kier molecular flexibility index (Phi) is 5.71. The Balaban J connectivity index is 1.36. The summed E-state index contributed by atoms with van der Waals surface area (Å²) < 4.78 is 0. The average Bonchev–Trinajstić information content (AvgIpc) is 3.00. The van der Waals surface area contributed by atoms with Gasteiger partial charge in [-0.15, -0.1) is 0 Å². The van der Waals surface area contributed by atoms with Gasteiger partial charge in [-0.05, 0) is 39.3 Å². The number of likely N-dealkylation sites (tertiary alicyclic amines) is 1. The lowest BCUT2D eigenvalue weighted by atomic mass is 10.0. The first kappa shape index (κ1) is 16.2. The van der Waals surface area contributed by atoms with Crippen molar-refractivity contribution >= 4 is 5.91 Å². The fourth-order valence-electron chi connectivity index (χ4n) is 4.09. The summed E-state index contributed by atoms with van der Waals surface area (Å²) in [4.78, 5) is 19.5. The minimum absolute atomic E-state index is 0.351. The van der Waals surface area contributed by atoms with Gasteiger partial charge in [0, 0.05) is 57.8 Å². The monoisotopic (exact) mass is 307 g/mol. The van der Waals surface area contributed by atoms with Crippen LogP contribution in [-0.4, -0.2) is 85.6 Å². The van der Waals surface area contributed by atoms with E-state index < -0.39 is 0 Å². The number of piperidine rings is 1. The molecular formula is C17H31N4O. The molecule has 3 saturated heterocycles. The summed E-state index contributed by atoms with van der Waals surface area (Å²) in [6.07, 6.45) is 6.66. The normalized spacial score (nSPS) is 31.6. The Morgan fingerprint density at radius 1 is 1.09 bits per heavy atom. The number of amides is 1. The zero-order chi connectivity index (χ0) is 15.4. The largest absolute Gasteiger partial charge is 0.340 e. The molecule has 125 valence electrons. The van der Waals surface area contributed by atoms with Crippen molar-refractivity contribution in [3.8, 4) is 0 Å². The number of hydrogen-bond donors (Lipinski definition) is 0. The van der Waals surface area contributed by atoms with E-state index in [2.05, 4.69) is 27.1 Å². The quantitative estimate of drug-likeness (QED) is 0.770. The van der Waals surface area contributed by atoms with Crippen LogP contribution in [0.15, 0.2) is 0 Å². The molecular weight excluding hydrogens is 276 g/mol. The van der Waals surface area contributed by atoms with Crippen molar-refractivity contribution in [2.45, 2.75) is 50.6 Å². The Labute approximate surface area is 135 Å². The van der Waals surface area contributed by atoms with Crippen LogP contribution in [-0.2, 0) is 4.79 Å². The van der Waals surface area contributed by atoms with Crippen LogP contribution in [0.5, 0.6) is 0 Å². The first-order valence-electron chi connectivity index (χ1n) is 9.09. The van der Waals surface area contributed by atoms with Gasteiger partial charge in [0.05, 0.1) is 0 Å². The Hall–Kier alpha value is -0.650. The number of nitrogens with zero attached hydrogens (tertiary/aromatic N) is 4. The maximum absolute atomic E-state index is 12.4. The molecule has 1 radical (unpaired) electrons. The van der Waals surface area contributed by atoms with Gasteiger partial charge in [-0.2, -0.15) is 0 Å². The van der Waals surface area contributed by atoms with Crippen molar-refractivity contribution in [3.05, 3.63) is 0 Å². The van der Waals surface area contributed by atoms with Gasteiger partial charge in [-0.25, -0.2) is 5.32 Å². The smallest absolute Gasteiger partial charge is 0.222 e. The van der Waals surface area contributed by atoms with E-state index in [0.717, 1.165) is 39.1 Å². The predicted molar refractivity (Wildman–Crippen MR) is 87.9 cm³/mol. The van der Waals surface area contributed by atoms with Crippen molar-refractivity contribution in [2.24, 2.45) is 0 Å². The van der Waals surface area contributed by atoms with E-state index in [9.17, 15) is 4.79 Å². The first-order chi connectivity index (χ1) is 10.7. The summed E-state index contributed by atoms with van der Waals surface area (Å²) in [6, 6.07) is 1.16. The highest BCUT2D eigenvalue weighted by Gasteiger charge is 2.29. The molecule has 22 heavy (non-hydrogen) atoms. The van der Waals surface area contributed by atoms with E-state index in [0.29, 0.717) is 24.4 Å². The van der Waals surface area contributed by atoms with Crippen LogP contribution < -0.4 is 5.32 Å². The minimum Gasteiger partial charge on any atom is -0.340 e. The summed E-state index contributed by atoms with van der Waals surface area (Å²) in [6.45, 7) is 7.36. The van der Waals surface area contributed by atoms with Crippen molar-refractivity contribution < 1.29 is 4.79 Å². The predicted octanol–water partition coefficient (Wildman–Crippen LogP) is 0.772. The van der Waals surface area contributed by atoms with Gasteiger partial charge in [0.25, 0.3) is 0 Å². The summed E-state index contributed by atoms with van der Waals surface area (Å²) >= 11 is 0. The Morgan fingerprint density at radius 2 is 1.91 bits per heavy atom. The minimum atomic E-state index is 0.351. The zero-order valence-corrected chi connectivity index (χ0v) is 14.0. The number of piperazine rings is 1. The fraction of sp³-hybridized carbons (Fsp3) is 0.941. The fourth-order valence-corrected chi connectivity index (χ4v) is 4.09. The highest BCUT2D eigenvalue weighted by molar-refractivity contribution is 5.76. The van der Waals surface area contributed by atoms with Gasteiger partial charge in [0.2, 0.25) is 5.91 Å². The van der Waals surface area contributed by atoms with E-state index >= 15 is 0 Å². The van der Waals surface area contributed by atoms with Crippen LogP contribution in [0.25, 0.3) is 0 Å². The maximum atomic E-state index is 12.4. The molecule has 0 spiro atoms. The second kappa shape index (κ2) is 7.75. The molecule has 5 heteroatoms. The van der Waals surface area contributed by atoms with E-state index in [1.165, 1.54) is 38.8 Å². The van der Waals surface area contributed by atoms with Gasteiger partial charge >= 0.3 is 0 Å². The van der Waals surface area contributed by atoms with Crippen molar-refractivity contribution in [1.29, 1.82) is 0 Å². The molecule has 0 bridgehead atoms. The molecule has 1 amide bonds. The lowest BCUT2D eigenvalue weighted by Gasteiger charge is -2.38. The molecule has 0 aliphatic carbocycles. The third-order valence-electron chi connectivity index (χ3n) is 5.57. The third kappa shape index (κ3) is 4.21. The number of carbonyl (C=O) groups excluding carboxylic acids is 1. The van der Waals surface area contributed by atoms with Crippen molar-refractivity contribution in [3.63, 3.8) is 0 Å². The molecule has 3 aliphatic rings. The van der Waals surface area contributed by atoms with Gasteiger partial charge in [0.15, 0.2) is 0 Å². The second-order valence-electron chi connectivity index (χ2n) is 7.22. The molecule has 2 unspecified atom stereocenters. The van der Waals surface area contributed by atoms with Crippen LogP contribution >= 0.6 is 0 Å². The van der Waals surface area contributed by atoms with Crippen molar-refractivity contribution in [2.75, 3.05) is 52.9 Å². The second-order valence-corrected chi connectivity index (χ2v) is 7.22. The van der Waals surface area contributed by atoms with Crippen LogP contribution in [0.2, 0.25) is 0 Å². The number of carbonyl (C=O) groups is 1. The van der Waals surface area contributed by atoms with Gasteiger partial charge < -0.3 is 9.80 Å². The van der Waals surface area contributed by atoms with E-state index in [1.807, 2.05) is 0 Å². The third-order valence-corrected chi connectivity index (χ3v) is 5.57. The molecule has 0 aromatic heterocycles. The van der Waals surface area contributed by atoms with Crippen LogP contribution in [0, 0.1) is 0 Å². The lowest BCUT2D eigenvalue weighted by molar-refractivity contribution is -0.133. The first-order valence-corrected chi connectivity index (χ1v) is 9.09. The lowest BCUT2D eigenvalue weighted by Crippen LogP contribution is -2.52. The molecule has 5 nitrogen and oxygen atoms in total. The zero-order valence-electron chi connectivity index (χ0n) is 14.0. The molecule has 0 aromatic carbocycles. The molecule has 3 rings (SSSR count). The van der Waals surface area contributed by atoms with Gasteiger partial charge in [-0.1, -0.05) is 6.42 Å². The Bertz CT molecular complexity index is 362. The molecule has 3 fully saturated rings. The summed E-state index contributed by atoms with van der Waals surface area (Å²) in [5.74, 6) is 0.351. The number of likely N-dealkylation sites (N-methyl/N-ethyl adjacent to an activating group) is 1. The maximum Gasteiger partial charge on any atom is 0.222 e. The summed E-state index contributed by atoms with van der Waals surface area (Å²) in [5, 5.41) is 4.63. The standard InChI is InChI=1S/C17H31N4O/c1-19-9-7-16(14-19)20-10-12-21(13-11-20)17(22)6-5-15-4-2-3-8-18-15/h15-16H,2-14H2,1H3. The van der Waals surface area contributed by atoms with Crippen molar-refractivity contribution in [1.82, 2.24) is 20.0 Å². The van der Waals surface area contributed by atoms with E-state index in [-0.39, 0.29) is 0 Å². The van der Waals surface area contributed by atoms with E-state index in [4.69, 9.17) is 0 Å². The van der Waals surface area contributed by atoms with Crippen LogP contribution in [0.3, 0.4) is 0 Å². The molecule has 0 saturated carbocycles. The number of rotatable bonds is 4. The SMILES string of the molecule is CN1CCC(N2CCN(C(=O)CCC3CCCC[N]3)CC2)C1. The highest BCUT2D eigenvalue weighted by Crippen LogP contribution is 2.18. The number of hydrogen-bond acceptors (Lipinski definition) is 3. The highest BCUT2D eigenvalue weighted by atomic mass is 16.2. The molecule has 3 aliphatic heterocycles. The Morgan fingerprint density at radius 3 is 2.55 bits per heavy atom. The topological polar surface area (TPSA) is 40.9 Å². The van der Waals surface area contributed by atoms with E-state index in [1.54, 1.807) is 0 Å². The van der Waals surface area contributed by atoms with Crippen LogP contribution in [0.1, 0.15) is 38.5 Å². The molecule has 3 heterocycles. The molecule has 0 N–H and O–H groups in total. The van der Waals surface area contributed by atoms with Crippen LogP contribution in [0.4, 0.5) is 0 Å². The molecule has 2 atom stereocenters.